The molecule has 0 unspecified atom stereocenters. The van der Waals surface area contributed by atoms with Gasteiger partial charge < -0.3 is 10.6 Å². The molecule has 0 atom stereocenters. The number of aromatic nitrogens is 3. The number of hydrogen-bond acceptors (Lipinski definition) is 7. The summed E-state index contributed by atoms with van der Waals surface area (Å²) < 4.78 is 14.9. The van der Waals surface area contributed by atoms with E-state index < -0.39 is 5.82 Å². The number of amides is 1. The van der Waals surface area contributed by atoms with Gasteiger partial charge in [0.2, 0.25) is 0 Å². The van der Waals surface area contributed by atoms with E-state index in [4.69, 9.17) is 5.26 Å². The van der Waals surface area contributed by atoms with Gasteiger partial charge in [0, 0.05) is 20.1 Å². The minimum Gasteiger partial charge on any atom is -0.382 e. The third-order valence-corrected chi connectivity index (χ3v) is 5.97. The Bertz CT molecular complexity index is 1260. The summed E-state index contributed by atoms with van der Waals surface area (Å²) in [6, 6.07) is 6.14. The van der Waals surface area contributed by atoms with E-state index >= 15 is 0 Å². The summed E-state index contributed by atoms with van der Waals surface area (Å²) in [6.45, 7) is 5.89. The molecule has 0 radical (unpaired) electrons. The second kappa shape index (κ2) is 9.06. The van der Waals surface area contributed by atoms with Crippen molar-refractivity contribution in [3.63, 3.8) is 0 Å². The number of carbonyl (C=O) groups is 1. The Balaban J connectivity index is 1.71. The number of aryl methyl sites for hydroxylation is 3. The zero-order valence-electron chi connectivity index (χ0n) is 17.5. The normalized spacial score (nSPS) is 10.6. The van der Waals surface area contributed by atoms with Crippen molar-refractivity contribution >= 4 is 22.9 Å². The predicted octanol–water partition coefficient (Wildman–Crippen LogP) is 2.68. The molecule has 0 bridgehead atoms. The maximum atomic E-state index is 13.6. The number of rotatable bonds is 6. The van der Waals surface area contributed by atoms with Crippen LogP contribution in [0.3, 0.4) is 0 Å². The van der Waals surface area contributed by atoms with E-state index in [9.17, 15) is 14.0 Å². The van der Waals surface area contributed by atoms with Gasteiger partial charge in [-0.3, -0.25) is 9.59 Å². The molecule has 1 amide bonds. The number of halogens is 1. The van der Waals surface area contributed by atoms with Crippen LogP contribution in [-0.2, 0) is 7.05 Å². The maximum Gasteiger partial charge on any atom is 0.277 e. The minimum absolute atomic E-state index is 0.0682. The summed E-state index contributed by atoms with van der Waals surface area (Å²) in [5.41, 5.74) is 2.45. The van der Waals surface area contributed by atoms with Crippen LogP contribution < -0.4 is 16.2 Å². The van der Waals surface area contributed by atoms with Crippen LogP contribution in [-0.4, -0.2) is 33.8 Å². The fraction of sp³-hybridized carbons (Fsp3) is 0.286. The average Bonchev–Trinajstić information content (AvgIpc) is 3.11. The molecule has 2 heterocycles. The minimum atomic E-state index is -0.600. The third-order valence-electron chi connectivity index (χ3n) is 4.79. The van der Waals surface area contributed by atoms with Gasteiger partial charge in [-0.2, -0.15) is 10.4 Å². The first-order valence-corrected chi connectivity index (χ1v) is 10.3. The van der Waals surface area contributed by atoms with E-state index in [1.165, 1.54) is 16.8 Å². The lowest BCUT2D eigenvalue weighted by molar-refractivity contribution is 0.0958. The standard InChI is InChI=1S/C21H21FN6O2S/c1-11-12(2)27-28(4)21(30)17(11)20-26-13(3)18(31-20)19(29)25-9-8-24-16-7-5-6-15(22)14(16)10-23/h5-7,24H,8-9H2,1-4H3,(H,25,29). The van der Waals surface area contributed by atoms with Gasteiger partial charge >= 0.3 is 0 Å². The molecule has 31 heavy (non-hydrogen) atoms. The average molecular weight is 441 g/mol. The van der Waals surface area contributed by atoms with Gasteiger partial charge in [-0.1, -0.05) is 6.07 Å². The quantitative estimate of drug-likeness (QED) is 0.570. The molecule has 0 saturated carbocycles. The van der Waals surface area contributed by atoms with Crippen LogP contribution in [0.5, 0.6) is 0 Å². The molecule has 0 saturated heterocycles. The Morgan fingerprint density at radius 2 is 2.00 bits per heavy atom. The van der Waals surface area contributed by atoms with Gasteiger partial charge in [0.1, 0.15) is 27.3 Å². The summed E-state index contributed by atoms with van der Waals surface area (Å²) in [7, 11) is 1.58. The number of nitrogens with zero attached hydrogens (tertiary/aromatic N) is 4. The zero-order valence-corrected chi connectivity index (χ0v) is 18.4. The molecule has 0 aliphatic heterocycles. The van der Waals surface area contributed by atoms with Crippen molar-refractivity contribution in [2.24, 2.45) is 7.05 Å². The third kappa shape index (κ3) is 4.46. The van der Waals surface area contributed by atoms with Crippen molar-refractivity contribution in [3.05, 3.63) is 61.8 Å². The topological polar surface area (TPSA) is 113 Å². The predicted molar refractivity (Wildman–Crippen MR) is 117 cm³/mol. The summed E-state index contributed by atoms with van der Waals surface area (Å²) in [5.74, 6) is -0.916. The number of carbonyl (C=O) groups excluding carboxylic acids is 1. The molecular weight excluding hydrogens is 419 g/mol. The van der Waals surface area contributed by atoms with Crippen molar-refractivity contribution in [2.45, 2.75) is 20.8 Å². The highest BCUT2D eigenvalue weighted by Gasteiger charge is 2.21. The lowest BCUT2D eigenvalue weighted by Gasteiger charge is -2.09. The van der Waals surface area contributed by atoms with Crippen molar-refractivity contribution in [3.8, 4) is 16.6 Å². The molecule has 1 aromatic carbocycles. The lowest BCUT2D eigenvalue weighted by Crippen LogP contribution is -2.28. The summed E-state index contributed by atoms with van der Waals surface area (Å²) in [4.78, 5) is 30.0. The molecule has 2 N–H and O–H groups in total. The van der Waals surface area contributed by atoms with Crippen LogP contribution in [0.4, 0.5) is 10.1 Å². The van der Waals surface area contributed by atoms with E-state index in [0.29, 0.717) is 33.4 Å². The Morgan fingerprint density at radius 3 is 2.71 bits per heavy atom. The van der Waals surface area contributed by atoms with Crippen LogP contribution in [0.1, 0.15) is 32.2 Å². The SMILES string of the molecule is Cc1nc(-c2c(C)c(C)nn(C)c2=O)sc1C(=O)NCCNc1cccc(F)c1C#N. The number of thiazole rings is 1. The van der Waals surface area contributed by atoms with E-state index in [0.717, 1.165) is 22.6 Å². The monoisotopic (exact) mass is 440 g/mol. The van der Waals surface area contributed by atoms with Crippen molar-refractivity contribution < 1.29 is 9.18 Å². The molecule has 10 heteroatoms. The Hall–Kier alpha value is -3.58. The highest BCUT2D eigenvalue weighted by molar-refractivity contribution is 7.17. The van der Waals surface area contributed by atoms with Crippen molar-refractivity contribution in [2.75, 3.05) is 18.4 Å². The first-order chi connectivity index (χ1) is 14.7. The van der Waals surface area contributed by atoms with Gasteiger partial charge in [-0.25, -0.2) is 14.1 Å². The second-order valence-electron chi connectivity index (χ2n) is 6.90. The first kappa shape index (κ1) is 22.1. The van der Waals surface area contributed by atoms with Crippen LogP contribution in [0.25, 0.3) is 10.6 Å². The van der Waals surface area contributed by atoms with Gasteiger partial charge in [0.25, 0.3) is 11.5 Å². The molecular formula is C21H21FN6O2S. The zero-order chi connectivity index (χ0) is 22.7. The number of benzene rings is 1. The molecule has 160 valence electrons. The number of nitrogens with one attached hydrogen (secondary N) is 2. The number of anilines is 1. The molecule has 0 fully saturated rings. The molecule has 2 aromatic heterocycles. The van der Waals surface area contributed by atoms with Crippen molar-refractivity contribution in [1.29, 1.82) is 5.26 Å². The van der Waals surface area contributed by atoms with Crippen LogP contribution in [0, 0.1) is 37.9 Å². The van der Waals surface area contributed by atoms with Gasteiger partial charge in [-0.05, 0) is 38.5 Å². The van der Waals surface area contributed by atoms with E-state index in [2.05, 4.69) is 20.7 Å². The highest BCUT2D eigenvalue weighted by atomic mass is 32.1. The van der Waals surface area contributed by atoms with Gasteiger partial charge in [0.15, 0.2) is 0 Å². The maximum absolute atomic E-state index is 13.6. The second-order valence-corrected chi connectivity index (χ2v) is 7.90. The van der Waals surface area contributed by atoms with Crippen LogP contribution in [0.2, 0.25) is 0 Å². The fourth-order valence-electron chi connectivity index (χ4n) is 3.05. The Labute approximate surface area is 182 Å². The molecule has 3 aromatic rings. The fourth-order valence-corrected chi connectivity index (χ4v) is 4.13. The highest BCUT2D eigenvalue weighted by Crippen LogP contribution is 2.28. The smallest absolute Gasteiger partial charge is 0.277 e. The molecule has 8 nitrogen and oxygen atoms in total. The van der Waals surface area contributed by atoms with Gasteiger partial charge in [-0.15, -0.1) is 11.3 Å². The van der Waals surface area contributed by atoms with Crippen LogP contribution in [0.15, 0.2) is 23.0 Å². The molecule has 0 spiro atoms. The van der Waals surface area contributed by atoms with E-state index in [1.807, 2.05) is 19.9 Å². The largest absolute Gasteiger partial charge is 0.382 e. The lowest BCUT2D eigenvalue weighted by atomic mass is 10.1. The summed E-state index contributed by atoms with van der Waals surface area (Å²) >= 11 is 1.15. The number of nitriles is 1. The van der Waals surface area contributed by atoms with E-state index in [1.54, 1.807) is 20.0 Å². The summed E-state index contributed by atoms with van der Waals surface area (Å²) in [6.07, 6.45) is 0. The van der Waals surface area contributed by atoms with E-state index in [-0.39, 0.29) is 23.6 Å². The Kier molecular flexibility index (Phi) is 6.46. The number of hydrogen-bond donors (Lipinski definition) is 2. The molecule has 3 rings (SSSR count). The van der Waals surface area contributed by atoms with Crippen LogP contribution >= 0.6 is 11.3 Å². The first-order valence-electron chi connectivity index (χ1n) is 9.47. The summed E-state index contributed by atoms with van der Waals surface area (Å²) in [5, 5.41) is 19.4. The Morgan fingerprint density at radius 1 is 1.26 bits per heavy atom. The molecule has 0 aliphatic carbocycles. The molecule has 0 aliphatic rings. The van der Waals surface area contributed by atoms with Crippen molar-refractivity contribution in [1.82, 2.24) is 20.1 Å². The van der Waals surface area contributed by atoms with Gasteiger partial charge in [0.05, 0.1) is 22.6 Å².